The predicted molar refractivity (Wildman–Crippen MR) is 77.9 cm³/mol. The molecule has 0 saturated carbocycles. The third kappa shape index (κ3) is 2.58. The number of aromatic nitrogens is 1. The molecule has 3 rings (SSSR count). The van der Waals surface area contributed by atoms with Crippen LogP contribution in [0.15, 0.2) is 35.1 Å². The molecule has 1 aliphatic rings. The summed E-state index contributed by atoms with van der Waals surface area (Å²) in [5.74, 6) is -0.235. The van der Waals surface area contributed by atoms with E-state index in [1.807, 2.05) is 18.2 Å². The van der Waals surface area contributed by atoms with Crippen LogP contribution < -0.4 is 16.2 Å². The fourth-order valence-corrected chi connectivity index (χ4v) is 2.58. The zero-order valence-electron chi connectivity index (χ0n) is 11.1. The van der Waals surface area contributed by atoms with E-state index in [0.29, 0.717) is 23.7 Å². The molecule has 104 valence electrons. The van der Waals surface area contributed by atoms with Gasteiger partial charge in [0.2, 0.25) is 0 Å². The summed E-state index contributed by atoms with van der Waals surface area (Å²) in [7, 11) is 0. The van der Waals surface area contributed by atoms with E-state index < -0.39 is 0 Å². The van der Waals surface area contributed by atoms with Gasteiger partial charge in [-0.1, -0.05) is 18.2 Å². The molecule has 20 heavy (non-hydrogen) atoms. The summed E-state index contributed by atoms with van der Waals surface area (Å²) < 4.78 is 0. The topological polar surface area (TPSA) is 74.0 Å². The van der Waals surface area contributed by atoms with E-state index >= 15 is 0 Å². The molecule has 0 aliphatic carbocycles. The Labute approximate surface area is 116 Å². The Morgan fingerprint density at radius 1 is 1.35 bits per heavy atom. The highest BCUT2D eigenvalue weighted by Crippen LogP contribution is 2.10. The molecule has 1 fully saturated rings. The van der Waals surface area contributed by atoms with Gasteiger partial charge in [0, 0.05) is 18.0 Å². The maximum atomic E-state index is 12.1. The number of benzene rings is 1. The van der Waals surface area contributed by atoms with E-state index in [2.05, 4.69) is 15.6 Å². The summed E-state index contributed by atoms with van der Waals surface area (Å²) in [5.41, 5.74) is 0.0824. The Hall–Kier alpha value is -2.14. The normalized spacial score (nSPS) is 18.3. The Morgan fingerprint density at radius 2 is 2.20 bits per heavy atom. The molecule has 1 atom stereocenters. The van der Waals surface area contributed by atoms with Crippen LogP contribution in [-0.4, -0.2) is 30.0 Å². The standard InChI is InChI=1S/C15H17N3O2/c19-14-12-6-2-1-4-10(12)8-13(18-14)15(20)17-9-11-5-3-7-16-11/h1-2,4,6,8,11,16H,3,5,7,9H2,(H,17,20)(H,18,19). The van der Waals surface area contributed by atoms with Gasteiger partial charge in [-0.3, -0.25) is 9.59 Å². The minimum absolute atomic E-state index is 0.229. The van der Waals surface area contributed by atoms with Crippen molar-refractivity contribution in [2.24, 2.45) is 0 Å². The quantitative estimate of drug-likeness (QED) is 0.780. The first kappa shape index (κ1) is 12.9. The van der Waals surface area contributed by atoms with Crippen LogP contribution in [0, 0.1) is 0 Å². The Bertz CT molecular complexity index is 687. The highest BCUT2D eigenvalue weighted by atomic mass is 16.2. The minimum Gasteiger partial charge on any atom is -0.349 e. The van der Waals surface area contributed by atoms with Gasteiger partial charge in [0.1, 0.15) is 5.69 Å². The number of hydrogen-bond acceptors (Lipinski definition) is 3. The Kier molecular flexibility index (Phi) is 3.52. The fourth-order valence-electron chi connectivity index (χ4n) is 2.58. The highest BCUT2D eigenvalue weighted by Gasteiger charge is 2.16. The van der Waals surface area contributed by atoms with Crippen molar-refractivity contribution in [2.75, 3.05) is 13.1 Å². The number of hydrogen-bond donors (Lipinski definition) is 3. The third-order valence-electron chi connectivity index (χ3n) is 3.67. The van der Waals surface area contributed by atoms with Gasteiger partial charge < -0.3 is 15.6 Å². The maximum Gasteiger partial charge on any atom is 0.267 e. The van der Waals surface area contributed by atoms with Crippen molar-refractivity contribution in [3.8, 4) is 0 Å². The van der Waals surface area contributed by atoms with Crippen LogP contribution in [0.2, 0.25) is 0 Å². The zero-order valence-corrected chi connectivity index (χ0v) is 11.1. The first-order chi connectivity index (χ1) is 9.74. The number of carbonyl (C=O) groups is 1. The van der Waals surface area contributed by atoms with Gasteiger partial charge in [-0.2, -0.15) is 0 Å². The number of H-pyrrole nitrogens is 1. The molecule has 2 heterocycles. The molecular weight excluding hydrogens is 254 g/mol. The predicted octanol–water partition coefficient (Wildman–Crippen LogP) is 1.01. The number of nitrogens with one attached hydrogen (secondary N) is 3. The molecule has 0 radical (unpaired) electrons. The lowest BCUT2D eigenvalue weighted by Gasteiger charge is -2.11. The first-order valence-electron chi connectivity index (χ1n) is 6.88. The summed E-state index contributed by atoms with van der Waals surface area (Å²) in [5, 5.41) is 7.56. The molecule has 2 aromatic rings. The lowest BCUT2D eigenvalue weighted by molar-refractivity contribution is 0.0945. The van der Waals surface area contributed by atoms with E-state index in [4.69, 9.17) is 0 Å². The summed E-state index contributed by atoms with van der Waals surface area (Å²) >= 11 is 0. The van der Waals surface area contributed by atoms with Crippen LogP contribution >= 0.6 is 0 Å². The van der Waals surface area contributed by atoms with Crippen molar-refractivity contribution < 1.29 is 4.79 Å². The van der Waals surface area contributed by atoms with E-state index in [9.17, 15) is 9.59 Å². The van der Waals surface area contributed by atoms with Crippen molar-refractivity contribution >= 4 is 16.7 Å². The average Bonchev–Trinajstić information content (AvgIpc) is 2.98. The van der Waals surface area contributed by atoms with Gasteiger partial charge in [0.15, 0.2) is 0 Å². The van der Waals surface area contributed by atoms with Gasteiger partial charge in [0.05, 0.1) is 0 Å². The zero-order chi connectivity index (χ0) is 13.9. The monoisotopic (exact) mass is 271 g/mol. The number of amides is 1. The molecule has 1 saturated heterocycles. The third-order valence-corrected chi connectivity index (χ3v) is 3.67. The molecule has 0 spiro atoms. The minimum atomic E-state index is -0.235. The van der Waals surface area contributed by atoms with E-state index in [1.165, 1.54) is 0 Å². The van der Waals surface area contributed by atoms with Gasteiger partial charge >= 0.3 is 0 Å². The van der Waals surface area contributed by atoms with Crippen molar-refractivity contribution in [2.45, 2.75) is 18.9 Å². The molecule has 5 nitrogen and oxygen atoms in total. The number of rotatable bonds is 3. The first-order valence-corrected chi connectivity index (χ1v) is 6.88. The van der Waals surface area contributed by atoms with Crippen LogP contribution in [0.5, 0.6) is 0 Å². The second-order valence-corrected chi connectivity index (χ2v) is 5.10. The van der Waals surface area contributed by atoms with Gasteiger partial charge in [-0.25, -0.2) is 0 Å². The highest BCUT2D eigenvalue weighted by molar-refractivity contribution is 5.96. The Balaban J connectivity index is 1.79. The van der Waals surface area contributed by atoms with Gasteiger partial charge in [-0.15, -0.1) is 0 Å². The second kappa shape index (κ2) is 5.46. The van der Waals surface area contributed by atoms with Crippen molar-refractivity contribution in [3.05, 3.63) is 46.4 Å². The largest absolute Gasteiger partial charge is 0.349 e. The lowest BCUT2D eigenvalue weighted by Crippen LogP contribution is -2.37. The molecule has 1 aromatic heterocycles. The SMILES string of the molecule is O=C(NCC1CCCN1)c1cc2ccccc2c(=O)[nH]1. The van der Waals surface area contributed by atoms with E-state index in [0.717, 1.165) is 24.8 Å². The van der Waals surface area contributed by atoms with Crippen LogP contribution in [-0.2, 0) is 0 Å². The van der Waals surface area contributed by atoms with Gasteiger partial charge in [0.25, 0.3) is 11.5 Å². The van der Waals surface area contributed by atoms with Crippen molar-refractivity contribution in [3.63, 3.8) is 0 Å². The number of pyridine rings is 1. The summed E-state index contributed by atoms with van der Waals surface area (Å²) in [6.07, 6.45) is 2.22. The summed E-state index contributed by atoms with van der Waals surface area (Å²) in [4.78, 5) is 26.6. The second-order valence-electron chi connectivity index (χ2n) is 5.10. The molecule has 1 unspecified atom stereocenters. The van der Waals surface area contributed by atoms with Gasteiger partial charge in [-0.05, 0) is 36.9 Å². The molecule has 5 heteroatoms. The van der Waals surface area contributed by atoms with Crippen molar-refractivity contribution in [1.82, 2.24) is 15.6 Å². The Morgan fingerprint density at radius 3 is 3.00 bits per heavy atom. The van der Waals surface area contributed by atoms with Crippen LogP contribution in [0.1, 0.15) is 23.3 Å². The smallest absolute Gasteiger partial charge is 0.267 e. The molecule has 3 N–H and O–H groups in total. The van der Waals surface area contributed by atoms with Crippen molar-refractivity contribution in [1.29, 1.82) is 0 Å². The summed E-state index contributed by atoms with van der Waals surface area (Å²) in [6, 6.07) is 9.30. The molecular formula is C15H17N3O2. The number of aromatic amines is 1. The van der Waals surface area contributed by atoms with Crippen LogP contribution in [0.4, 0.5) is 0 Å². The maximum absolute atomic E-state index is 12.1. The molecule has 1 aliphatic heterocycles. The lowest BCUT2D eigenvalue weighted by atomic mass is 10.1. The fraction of sp³-hybridized carbons (Fsp3) is 0.333. The van der Waals surface area contributed by atoms with Crippen LogP contribution in [0.25, 0.3) is 10.8 Å². The van der Waals surface area contributed by atoms with E-state index in [-0.39, 0.29) is 11.5 Å². The molecule has 1 aromatic carbocycles. The van der Waals surface area contributed by atoms with E-state index in [1.54, 1.807) is 12.1 Å². The molecule has 0 bridgehead atoms. The number of fused-ring (bicyclic) bond motifs is 1. The number of carbonyl (C=O) groups excluding carboxylic acids is 1. The summed E-state index contributed by atoms with van der Waals surface area (Å²) in [6.45, 7) is 1.60. The molecule has 1 amide bonds. The average molecular weight is 271 g/mol. The van der Waals surface area contributed by atoms with Crippen LogP contribution in [0.3, 0.4) is 0 Å².